The molecule has 1 aliphatic rings. The highest BCUT2D eigenvalue weighted by Gasteiger charge is 2.31. The molecule has 2 atom stereocenters. The van der Waals surface area contributed by atoms with Gasteiger partial charge in [0, 0.05) is 6.04 Å². The summed E-state index contributed by atoms with van der Waals surface area (Å²) in [5.74, 6) is -0.486. The van der Waals surface area contributed by atoms with Crippen molar-refractivity contribution in [3.8, 4) is 0 Å². The summed E-state index contributed by atoms with van der Waals surface area (Å²) in [6.45, 7) is 0. The highest BCUT2D eigenvalue weighted by atomic mass is 35.5. The van der Waals surface area contributed by atoms with Crippen LogP contribution >= 0.6 is 35.6 Å². The van der Waals surface area contributed by atoms with Crippen molar-refractivity contribution >= 4 is 41.6 Å². The highest BCUT2D eigenvalue weighted by Crippen LogP contribution is 2.39. The number of hydrogen-bond donors (Lipinski definition) is 1. The molecule has 0 heterocycles. The van der Waals surface area contributed by atoms with Crippen LogP contribution in [0.25, 0.3) is 0 Å². The van der Waals surface area contributed by atoms with E-state index in [1.165, 1.54) is 7.11 Å². The van der Waals surface area contributed by atoms with Gasteiger partial charge in [-0.15, -0.1) is 12.4 Å². The first-order valence-electron chi connectivity index (χ1n) is 5.34. The number of ether oxygens (including phenoxy) is 1. The second-order valence-corrected chi connectivity index (χ2v) is 4.98. The quantitative estimate of drug-likeness (QED) is 0.811. The summed E-state index contributed by atoms with van der Waals surface area (Å²) in [5.41, 5.74) is 7.88. The number of benzene rings is 1. The van der Waals surface area contributed by atoms with E-state index in [0.717, 1.165) is 11.1 Å². The molecule has 2 rings (SSSR count). The van der Waals surface area contributed by atoms with Crippen LogP contribution in [0.15, 0.2) is 12.1 Å². The third-order valence-corrected chi connectivity index (χ3v) is 4.00. The maximum Gasteiger partial charge on any atom is 0.309 e. The average Bonchev–Trinajstić information content (AvgIpc) is 2.33. The third-order valence-electron chi connectivity index (χ3n) is 3.16. The van der Waals surface area contributed by atoms with E-state index in [9.17, 15) is 4.79 Å². The Balaban J connectivity index is 0.00000162. The van der Waals surface area contributed by atoms with Gasteiger partial charge >= 0.3 is 5.97 Å². The Morgan fingerprint density at radius 2 is 2.11 bits per heavy atom. The molecule has 1 aromatic rings. The van der Waals surface area contributed by atoms with Gasteiger partial charge in [0.15, 0.2) is 0 Å². The van der Waals surface area contributed by atoms with E-state index >= 15 is 0 Å². The van der Waals surface area contributed by atoms with Crippen molar-refractivity contribution in [2.24, 2.45) is 11.7 Å². The van der Waals surface area contributed by atoms with Gasteiger partial charge in [-0.05, 0) is 30.0 Å². The monoisotopic (exact) mass is 309 g/mol. The Morgan fingerprint density at radius 3 is 2.72 bits per heavy atom. The molecule has 2 N–H and O–H groups in total. The zero-order chi connectivity index (χ0) is 12.6. The zero-order valence-corrected chi connectivity index (χ0v) is 12.1. The molecule has 0 amide bonds. The van der Waals surface area contributed by atoms with Crippen LogP contribution in [-0.4, -0.2) is 13.1 Å². The average molecular weight is 311 g/mol. The summed E-state index contributed by atoms with van der Waals surface area (Å²) >= 11 is 12.1. The molecule has 18 heavy (non-hydrogen) atoms. The van der Waals surface area contributed by atoms with Crippen molar-refractivity contribution in [1.82, 2.24) is 0 Å². The lowest BCUT2D eigenvalue weighted by molar-refractivity contribution is -0.146. The molecule has 100 valence electrons. The van der Waals surface area contributed by atoms with E-state index in [-0.39, 0.29) is 30.3 Å². The molecule has 0 saturated heterocycles. The number of methoxy groups -OCH3 is 1. The number of hydrogen-bond acceptors (Lipinski definition) is 3. The van der Waals surface area contributed by atoms with Crippen LogP contribution in [0.1, 0.15) is 23.6 Å². The molecule has 0 radical (unpaired) electrons. The van der Waals surface area contributed by atoms with Crippen molar-refractivity contribution in [3.63, 3.8) is 0 Å². The molecule has 1 aromatic carbocycles. The number of halogens is 3. The number of esters is 1. The standard InChI is InChI=1S/C12H13Cl2NO2.ClH/c1-17-12(16)6-4-8-7(10(15)5-6)2-3-9(13)11(8)14;/h2-3,6,10H,4-5,15H2,1H3;1H. The van der Waals surface area contributed by atoms with Crippen molar-refractivity contribution in [2.75, 3.05) is 7.11 Å². The summed E-state index contributed by atoms with van der Waals surface area (Å²) < 4.78 is 4.75. The molecular weight excluding hydrogens is 296 g/mol. The fraction of sp³-hybridized carbons (Fsp3) is 0.417. The predicted octanol–water partition coefficient (Wildman–Crippen LogP) is 3.15. The molecule has 2 unspecified atom stereocenters. The lowest BCUT2D eigenvalue weighted by atomic mass is 9.81. The van der Waals surface area contributed by atoms with Gasteiger partial charge in [-0.1, -0.05) is 29.3 Å². The highest BCUT2D eigenvalue weighted by molar-refractivity contribution is 6.42. The SMILES string of the molecule is COC(=O)C1Cc2c(ccc(Cl)c2Cl)C(N)C1.Cl. The Bertz CT molecular complexity index is 465. The van der Waals surface area contributed by atoms with E-state index < -0.39 is 0 Å². The van der Waals surface area contributed by atoms with Gasteiger partial charge in [-0.2, -0.15) is 0 Å². The van der Waals surface area contributed by atoms with Crippen LogP contribution in [-0.2, 0) is 16.0 Å². The van der Waals surface area contributed by atoms with Gasteiger partial charge in [0.25, 0.3) is 0 Å². The van der Waals surface area contributed by atoms with E-state index in [1.807, 2.05) is 6.07 Å². The van der Waals surface area contributed by atoms with Crippen LogP contribution in [0.4, 0.5) is 0 Å². The Kier molecular flexibility index (Phi) is 5.29. The van der Waals surface area contributed by atoms with Gasteiger partial charge in [0.2, 0.25) is 0 Å². The third kappa shape index (κ3) is 2.75. The number of carbonyl (C=O) groups is 1. The molecule has 0 aliphatic heterocycles. The first kappa shape index (κ1) is 15.6. The number of nitrogens with two attached hydrogens (primary N) is 1. The number of fused-ring (bicyclic) bond motifs is 1. The summed E-state index contributed by atoms with van der Waals surface area (Å²) in [6, 6.07) is 3.42. The van der Waals surface area contributed by atoms with Crippen molar-refractivity contribution in [1.29, 1.82) is 0 Å². The lowest BCUT2D eigenvalue weighted by Crippen LogP contribution is -2.30. The smallest absolute Gasteiger partial charge is 0.309 e. The van der Waals surface area contributed by atoms with Crippen LogP contribution < -0.4 is 5.73 Å². The van der Waals surface area contributed by atoms with Crippen molar-refractivity contribution < 1.29 is 9.53 Å². The van der Waals surface area contributed by atoms with E-state index in [1.54, 1.807) is 6.07 Å². The molecule has 6 heteroatoms. The van der Waals surface area contributed by atoms with Crippen LogP contribution in [0.3, 0.4) is 0 Å². The molecule has 0 fully saturated rings. The molecule has 0 aromatic heterocycles. The minimum absolute atomic E-state index is 0. The minimum atomic E-state index is -0.248. The molecule has 3 nitrogen and oxygen atoms in total. The topological polar surface area (TPSA) is 52.3 Å². The molecule has 1 aliphatic carbocycles. The molecule has 0 spiro atoms. The molecular formula is C12H14Cl3NO2. The second-order valence-electron chi connectivity index (χ2n) is 4.20. The Labute approximate surface area is 122 Å². The Morgan fingerprint density at radius 1 is 1.44 bits per heavy atom. The first-order chi connectivity index (χ1) is 8.04. The van der Waals surface area contributed by atoms with Gasteiger partial charge in [-0.25, -0.2) is 0 Å². The number of rotatable bonds is 1. The fourth-order valence-electron chi connectivity index (χ4n) is 2.27. The van der Waals surface area contributed by atoms with E-state index in [0.29, 0.717) is 22.9 Å². The summed E-state index contributed by atoms with van der Waals surface area (Å²) in [7, 11) is 1.38. The summed E-state index contributed by atoms with van der Waals surface area (Å²) in [5, 5.41) is 0.983. The minimum Gasteiger partial charge on any atom is -0.469 e. The van der Waals surface area contributed by atoms with Gasteiger partial charge in [0.05, 0.1) is 23.1 Å². The van der Waals surface area contributed by atoms with Crippen LogP contribution in [0.5, 0.6) is 0 Å². The lowest BCUT2D eigenvalue weighted by Gasteiger charge is -2.28. The normalized spacial score (nSPS) is 21.8. The molecule has 0 bridgehead atoms. The summed E-state index contributed by atoms with van der Waals surface area (Å²) in [4.78, 5) is 11.6. The van der Waals surface area contributed by atoms with Gasteiger partial charge in [0.1, 0.15) is 0 Å². The maximum atomic E-state index is 11.6. The first-order valence-corrected chi connectivity index (χ1v) is 6.10. The van der Waals surface area contributed by atoms with Crippen LogP contribution in [0.2, 0.25) is 10.0 Å². The Hall–Kier alpha value is -0.480. The van der Waals surface area contributed by atoms with Gasteiger partial charge < -0.3 is 10.5 Å². The zero-order valence-electron chi connectivity index (χ0n) is 9.78. The van der Waals surface area contributed by atoms with E-state index in [2.05, 4.69) is 0 Å². The fourth-order valence-corrected chi connectivity index (χ4v) is 2.70. The van der Waals surface area contributed by atoms with Crippen molar-refractivity contribution in [2.45, 2.75) is 18.9 Å². The molecule has 0 saturated carbocycles. The van der Waals surface area contributed by atoms with Crippen LogP contribution in [0, 0.1) is 5.92 Å². The van der Waals surface area contributed by atoms with Gasteiger partial charge in [-0.3, -0.25) is 4.79 Å². The number of carbonyl (C=O) groups excluding carboxylic acids is 1. The maximum absolute atomic E-state index is 11.6. The van der Waals surface area contributed by atoms with E-state index in [4.69, 9.17) is 33.7 Å². The summed E-state index contributed by atoms with van der Waals surface area (Å²) in [6.07, 6.45) is 1.12. The largest absolute Gasteiger partial charge is 0.469 e. The predicted molar refractivity (Wildman–Crippen MR) is 74.5 cm³/mol. The second kappa shape index (κ2) is 6.11. The van der Waals surface area contributed by atoms with Crippen molar-refractivity contribution in [3.05, 3.63) is 33.3 Å².